The van der Waals surface area contributed by atoms with Gasteiger partial charge in [0.25, 0.3) is 11.8 Å². The van der Waals surface area contributed by atoms with E-state index in [0.29, 0.717) is 29.1 Å². The van der Waals surface area contributed by atoms with Crippen LogP contribution in [0, 0.1) is 0 Å². The summed E-state index contributed by atoms with van der Waals surface area (Å²) in [7, 11) is 1.57. The Labute approximate surface area is 171 Å². The first-order valence-corrected chi connectivity index (χ1v) is 9.73. The molecule has 0 saturated carbocycles. The molecule has 3 rings (SSSR count). The minimum absolute atomic E-state index is 0.212. The molecule has 1 aliphatic heterocycles. The van der Waals surface area contributed by atoms with Gasteiger partial charge in [-0.2, -0.15) is 0 Å². The second kappa shape index (κ2) is 10.0. The van der Waals surface area contributed by atoms with Crippen LogP contribution in [0.1, 0.15) is 27.6 Å². The van der Waals surface area contributed by atoms with Gasteiger partial charge in [0, 0.05) is 31.2 Å². The van der Waals surface area contributed by atoms with Gasteiger partial charge in [0.2, 0.25) is 0 Å². The predicted octanol–water partition coefficient (Wildman–Crippen LogP) is 2.40. The van der Waals surface area contributed by atoms with Gasteiger partial charge in [0.05, 0.1) is 31.6 Å². The van der Waals surface area contributed by atoms with Crippen LogP contribution in [0.4, 0.5) is 5.69 Å². The molecule has 29 heavy (non-hydrogen) atoms. The summed E-state index contributed by atoms with van der Waals surface area (Å²) in [4.78, 5) is 27.6. The lowest BCUT2D eigenvalue weighted by atomic mass is 10.1. The van der Waals surface area contributed by atoms with Crippen molar-refractivity contribution in [2.24, 2.45) is 0 Å². The zero-order valence-corrected chi connectivity index (χ0v) is 16.8. The summed E-state index contributed by atoms with van der Waals surface area (Å²) in [6.07, 6.45) is 0. The average molecular weight is 397 g/mol. The number of morpholine rings is 1. The highest BCUT2D eigenvalue weighted by Gasteiger charge is 2.19. The van der Waals surface area contributed by atoms with Crippen LogP contribution < -0.4 is 15.4 Å². The molecule has 1 unspecified atom stereocenters. The lowest BCUT2D eigenvalue weighted by Crippen LogP contribution is -2.47. The molecule has 0 radical (unpaired) electrons. The standard InChI is InChI=1S/C22H27N3O4/c1-16(25-11-13-29-14-12-25)15-23-22(27)19-5-3-4-6-20(19)24-21(26)17-7-9-18(28-2)10-8-17/h3-10,16H,11-15H2,1-2H3,(H,23,27)(H,24,26). The molecule has 2 N–H and O–H groups in total. The van der Waals surface area contributed by atoms with Crippen molar-refractivity contribution in [3.8, 4) is 5.75 Å². The van der Waals surface area contributed by atoms with E-state index in [9.17, 15) is 9.59 Å². The molecule has 0 aromatic heterocycles. The van der Waals surface area contributed by atoms with Crippen LogP contribution in [-0.4, -0.2) is 62.7 Å². The van der Waals surface area contributed by atoms with Crippen molar-refractivity contribution >= 4 is 17.5 Å². The molecule has 0 aliphatic carbocycles. The Morgan fingerprint density at radius 3 is 2.45 bits per heavy atom. The van der Waals surface area contributed by atoms with Crippen molar-refractivity contribution in [3.63, 3.8) is 0 Å². The summed E-state index contributed by atoms with van der Waals surface area (Å²) in [6, 6.07) is 14.0. The molecule has 1 heterocycles. The summed E-state index contributed by atoms with van der Waals surface area (Å²) in [5.41, 5.74) is 1.40. The van der Waals surface area contributed by atoms with Gasteiger partial charge in [0.1, 0.15) is 5.75 Å². The van der Waals surface area contributed by atoms with Gasteiger partial charge < -0.3 is 20.1 Å². The van der Waals surface area contributed by atoms with Crippen molar-refractivity contribution in [1.29, 1.82) is 0 Å². The first-order chi connectivity index (χ1) is 14.1. The number of carbonyl (C=O) groups is 2. The monoisotopic (exact) mass is 397 g/mol. The number of rotatable bonds is 7. The lowest BCUT2D eigenvalue weighted by molar-refractivity contribution is 0.0204. The topological polar surface area (TPSA) is 79.9 Å². The molecular formula is C22H27N3O4. The molecule has 154 valence electrons. The minimum atomic E-state index is -0.283. The Morgan fingerprint density at radius 2 is 1.76 bits per heavy atom. The van der Waals surface area contributed by atoms with Gasteiger partial charge in [-0.1, -0.05) is 12.1 Å². The first-order valence-electron chi connectivity index (χ1n) is 9.73. The lowest BCUT2D eigenvalue weighted by Gasteiger charge is -2.32. The van der Waals surface area contributed by atoms with Gasteiger partial charge in [-0.15, -0.1) is 0 Å². The summed E-state index contributed by atoms with van der Waals surface area (Å²) in [6.45, 7) is 5.79. The fourth-order valence-corrected chi connectivity index (χ4v) is 3.21. The van der Waals surface area contributed by atoms with Gasteiger partial charge in [-0.05, 0) is 43.3 Å². The highest BCUT2D eigenvalue weighted by Crippen LogP contribution is 2.18. The molecule has 2 amide bonds. The third-order valence-corrected chi connectivity index (χ3v) is 5.00. The SMILES string of the molecule is COc1ccc(C(=O)Nc2ccccc2C(=O)NCC(C)N2CCOCC2)cc1. The molecule has 7 nitrogen and oxygen atoms in total. The average Bonchev–Trinajstić information content (AvgIpc) is 2.78. The van der Waals surface area contributed by atoms with Gasteiger partial charge in [0.15, 0.2) is 0 Å². The van der Waals surface area contributed by atoms with Crippen molar-refractivity contribution in [2.45, 2.75) is 13.0 Å². The molecule has 2 aromatic rings. The van der Waals surface area contributed by atoms with Crippen LogP contribution in [0.15, 0.2) is 48.5 Å². The quantitative estimate of drug-likeness (QED) is 0.750. The number of hydrogen-bond acceptors (Lipinski definition) is 5. The zero-order valence-electron chi connectivity index (χ0n) is 16.8. The van der Waals surface area contributed by atoms with Crippen molar-refractivity contribution < 1.29 is 19.1 Å². The predicted molar refractivity (Wildman–Crippen MR) is 112 cm³/mol. The highest BCUT2D eigenvalue weighted by atomic mass is 16.5. The maximum absolute atomic E-state index is 12.7. The highest BCUT2D eigenvalue weighted by molar-refractivity contribution is 6.09. The molecule has 0 spiro atoms. The Morgan fingerprint density at radius 1 is 1.07 bits per heavy atom. The Kier molecular flexibility index (Phi) is 7.21. The van der Waals surface area contributed by atoms with Crippen molar-refractivity contribution in [2.75, 3.05) is 45.3 Å². The fraction of sp³-hybridized carbons (Fsp3) is 0.364. The van der Waals surface area contributed by atoms with Crippen molar-refractivity contribution in [3.05, 3.63) is 59.7 Å². The first kappa shape index (κ1) is 20.8. The summed E-state index contributed by atoms with van der Waals surface area (Å²) >= 11 is 0. The van der Waals surface area contributed by atoms with Gasteiger partial charge in [-0.25, -0.2) is 0 Å². The molecule has 1 fully saturated rings. The van der Waals surface area contributed by atoms with Gasteiger partial charge >= 0.3 is 0 Å². The number of nitrogens with one attached hydrogen (secondary N) is 2. The number of amides is 2. The summed E-state index contributed by atoms with van der Waals surface area (Å²) < 4.78 is 10.5. The van der Waals surface area contributed by atoms with E-state index in [1.54, 1.807) is 55.6 Å². The third-order valence-electron chi connectivity index (χ3n) is 5.00. The van der Waals surface area contributed by atoms with E-state index in [1.807, 2.05) is 0 Å². The molecule has 1 saturated heterocycles. The largest absolute Gasteiger partial charge is 0.497 e. The number of methoxy groups -OCH3 is 1. The van der Waals surface area contributed by atoms with E-state index in [-0.39, 0.29) is 17.9 Å². The third kappa shape index (κ3) is 5.56. The summed E-state index contributed by atoms with van der Waals surface area (Å²) in [5, 5.41) is 5.80. The van der Waals surface area contributed by atoms with Crippen LogP contribution in [0.3, 0.4) is 0 Å². The number of carbonyl (C=O) groups excluding carboxylic acids is 2. The van der Waals surface area contributed by atoms with Gasteiger partial charge in [-0.3, -0.25) is 14.5 Å². The fourth-order valence-electron chi connectivity index (χ4n) is 3.21. The molecule has 0 bridgehead atoms. The summed E-state index contributed by atoms with van der Waals surface area (Å²) in [5.74, 6) is 0.182. The number of hydrogen-bond donors (Lipinski definition) is 2. The van der Waals surface area contributed by atoms with Crippen LogP contribution in [0.2, 0.25) is 0 Å². The van der Waals surface area contributed by atoms with E-state index in [0.717, 1.165) is 26.3 Å². The Hall–Kier alpha value is -2.90. The maximum Gasteiger partial charge on any atom is 0.255 e. The van der Waals surface area contributed by atoms with Crippen LogP contribution in [0.25, 0.3) is 0 Å². The number of benzene rings is 2. The minimum Gasteiger partial charge on any atom is -0.497 e. The van der Waals surface area contributed by atoms with Crippen molar-refractivity contribution in [1.82, 2.24) is 10.2 Å². The normalized spacial score (nSPS) is 15.4. The molecule has 1 atom stereocenters. The van der Waals surface area contributed by atoms with E-state index >= 15 is 0 Å². The van der Waals surface area contributed by atoms with Crippen LogP contribution in [-0.2, 0) is 4.74 Å². The number of para-hydroxylation sites is 1. The Bertz CT molecular complexity index is 832. The number of ether oxygens (including phenoxy) is 2. The van der Waals surface area contributed by atoms with Crippen LogP contribution in [0.5, 0.6) is 5.75 Å². The smallest absolute Gasteiger partial charge is 0.255 e. The second-order valence-electron chi connectivity index (χ2n) is 6.94. The van der Waals surface area contributed by atoms with Crippen LogP contribution >= 0.6 is 0 Å². The molecule has 1 aliphatic rings. The number of nitrogens with zero attached hydrogens (tertiary/aromatic N) is 1. The Balaban J connectivity index is 1.62. The van der Waals surface area contributed by atoms with E-state index < -0.39 is 0 Å². The van der Waals surface area contributed by atoms with E-state index in [1.165, 1.54) is 0 Å². The van der Waals surface area contributed by atoms with E-state index in [4.69, 9.17) is 9.47 Å². The zero-order chi connectivity index (χ0) is 20.6. The number of anilines is 1. The maximum atomic E-state index is 12.7. The molecular weight excluding hydrogens is 370 g/mol. The molecule has 7 heteroatoms. The second-order valence-corrected chi connectivity index (χ2v) is 6.94. The van der Waals surface area contributed by atoms with E-state index in [2.05, 4.69) is 22.5 Å². The molecule has 2 aromatic carbocycles.